The molecular formula is C27H34N4O2S. The van der Waals surface area contributed by atoms with Crippen molar-refractivity contribution in [2.45, 2.75) is 71.1 Å². The van der Waals surface area contributed by atoms with Gasteiger partial charge in [-0.25, -0.2) is 4.98 Å². The number of ether oxygens (including phenoxy) is 1. The number of amides is 1. The van der Waals surface area contributed by atoms with Crippen molar-refractivity contribution in [3.05, 3.63) is 52.7 Å². The molecule has 3 heterocycles. The number of thiazole rings is 1. The van der Waals surface area contributed by atoms with Gasteiger partial charge in [0, 0.05) is 47.6 Å². The zero-order chi connectivity index (χ0) is 23.5. The van der Waals surface area contributed by atoms with Gasteiger partial charge >= 0.3 is 0 Å². The van der Waals surface area contributed by atoms with Crippen molar-refractivity contribution in [2.75, 3.05) is 13.1 Å². The third-order valence-corrected chi connectivity index (χ3v) is 8.03. The number of nitrogens with zero attached hydrogens (tertiary/aromatic N) is 3. The monoisotopic (exact) mass is 478 g/mol. The number of rotatable bonds is 7. The predicted octanol–water partition coefficient (Wildman–Crippen LogP) is 5.22. The molecule has 1 aliphatic carbocycles. The van der Waals surface area contributed by atoms with Crippen LogP contribution in [0.15, 0.2) is 36.5 Å². The van der Waals surface area contributed by atoms with Gasteiger partial charge in [-0.05, 0) is 76.6 Å². The second kappa shape index (κ2) is 10.4. The topological polar surface area (TPSA) is 67.3 Å². The fourth-order valence-electron chi connectivity index (χ4n) is 5.19. The number of fused-ring (bicyclic) bond motifs is 2. The van der Waals surface area contributed by atoms with Crippen molar-refractivity contribution in [3.8, 4) is 5.19 Å². The maximum Gasteiger partial charge on any atom is 0.273 e. The molecule has 34 heavy (non-hydrogen) atoms. The minimum absolute atomic E-state index is 0.0246. The molecule has 6 nitrogen and oxygen atoms in total. The maximum absolute atomic E-state index is 12.9. The highest BCUT2D eigenvalue weighted by molar-refractivity contribution is 7.13. The summed E-state index contributed by atoms with van der Waals surface area (Å²) in [5.41, 5.74) is 2.82. The average Bonchev–Trinajstić information content (AvgIpc) is 3.24. The molecular weight excluding hydrogens is 444 g/mol. The minimum atomic E-state index is 0.0246. The van der Waals surface area contributed by atoms with E-state index in [1.165, 1.54) is 29.8 Å². The molecule has 0 bridgehead atoms. The molecule has 5 rings (SSSR count). The summed E-state index contributed by atoms with van der Waals surface area (Å²) in [6, 6.07) is 9.90. The molecule has 1 amide bonds. The number of aromatic nitrogens is 2. The summed E-state index contributed by atoms with van der Waals surface area (Å²) in [5.74, 6) is 0.772. The number of hydrogen-bond acceptors (Lipinski definition) is 6. The molecule has 1 fully saturated rings. The van der Waals surface area contributed by atoms with Crippen molar-refractivity contribution in [1.29, 1.82) is 0 Å². The third-order valence-electron chi connectivity index (χ3n) is 7.05. The molecule has 1 N–H and O–H groups in total. The molecule has 2 aromatic heterocycles. The van der Waals surface area contributed by atoms with Crippen LogP contribution in [0.4, 0.5) is 0 Å². The van der Waals surface area contributed by atoms with Gasteiger partial charge in [-0.15, -0.1) is 0 Å². The van der Waals surface area contributed by atoms with Gasteiger partial charge in [0.2, 0.25) is 0 Å². The molecule has 1 aliphatic heterocycles. The Morgan fingerprint density at radius 2 is 2.06 bits per heavy atom. The molecule has 0 spiro atoms. The number of benzene rings is 1. The van der Waals surface area contributed by atoms with Crippen molar-refractivity contribution in [3.63, 3.8) is 0 Å². The van der Waals surface area contributed by atoms with E-state index in [0.717, 1.165) is 66.5 Å². The Hall–Kier alpha value is -2.51. The zero-order valence-electron chi connectivity index (χ0n) is 20.1. The fourth-order valence-corrected chi connectivity index (χ4v) is 6.31. The molecule has 3 aromatic rings. The van der Waals surface area contributed by atoms with Gasteiger partial charge in [0.15, 0.2) is 0 Å². The van der Waals surface area contributed by atoms with E-state index in [1.807, 2.05) is 44.2 Å². The molecule has 2 aliphatic rings. The van der Waals surface area contributed by atoms with Crippen LogP contribution < -0.4 is 10.1 Å². The van der Waals surface area contributed by atoms with E-state index in [4.69, 9.17) is 4.74 Å². The fraction of sp³-hybridized carbons (Fsp3) is 0.519. The first-order valence-corrected chi connectivity index (χ1v) is 13.4. The Morgan fingerprint density at radius 1 is 1.21 bits per heavy atom. The summed E-state index contributed by atoms with van der Waals surface area (Å²) in [5, 5.41) is 5.03. The molecule has 1 aromatic carbocycles. The van der Waals surface area contributed by atoms with Crippen LogP contribution in [0.1, 0.15) is 66.9 Å². The van der Waals surface area contributed by atoms with E-state index in [1.54, 1.807) is 17.5 Å². The van der Waals surface area contributed by atoms with Gasteiger partial charge in [0.05, 0.1) is 17.3 Å². The minimum Gasteiger partial charge on any atom is -0.467 e. The largest absolute Gasteiger partial charge is 0.467 e. The smallest absolute Gasteiger partial charge is 0.273 e. The lowest BCUT2D eigenvalue weighted by atomic mass is 9.84. The molecule has 7 heteroatoms. The van der Waals surface area contributed by atoms with Crippen LogP contribution in [-0.2, 0) is 13.0 Å². The van der Waals surface area contributed by atoms with Crippen molar-refractivity contribution >= 4 is 28.1 Å². The zero-order valence-corrected chi connectivity index (χ0v) is 20.9. The molecule has 0 unspecified atom stereocenters. The van der Waals surface area contributed by atoms with Crippen LogP contribution in [0.5, 0.6) is 5.19 Å². The van der Waals surface area contributed by atoms with E-state index >= 15 is 0 Å². The van der Waals surface area contributed by atoms with Crippen LogP contribution >= 0.6 is 11.3 Å². The normalized spacial score (nSPS) is 20.9. The Balaban J connectivity index is 1.08. The molecule has 0 atom stereocenters. The summed E-state index contributed by atoms with van der Waals surface area (Å²) >= 11 is 1.71. The van der Waals surface area contributed by atoms with E-state index in [-0.39, 0.29) is 18.1 Å². The number of carbonyl (C=O) groups excluding carboxylic acids is 1. The van der Waals surface area contributed by atoms with Crippen molar-refractivity contribution in [1.82, 2.24) is 20.2 Å². The Morgan fingerprint density at radius 3 is 2.88 bits per heavy atom. The number of nitrogens with one attached hydrogen (secondary N) is 1. The van der Waals surface area contributed by atoms with Gasteiger partial charge < -0.3 is 10.1 Å². The molecule has 0 radical (unpaired) electrons. The summed E-state index contributed by atoms with van der Waals surface area (Å²) in [6.45, 7) is 7.33. The predicted molar refractivity (Wildman–Crippen MR) is 136 cm³/mol. The molecule has 180 valence electrons. The van der Waals surface area contributed by atoms with Gasteiger partial charge in [0.25, 0.3) is 11.1 Å². The summed E-state index contributed by atoms with van der Waals surface area (Å²) < 4.78 is 5.80. The summed E-state index contributed by atoms with van der Waals surface area (Å²) in [7, 11) is 0. The standard InChI is InChI=1S/C27H34N4O2S/c1-18(2)33-27-30-24-13-16-31(17-25(24)34-27)15-12-19-8-10-20(11-9-19)29-26(32)22-5-3-7-23-21(22)6-4-14-28-23/h3-7,14,18-20H,8-13,15-17H2,1-2H3,(H,29,32)/t19-,20-. The number of carbonyl (C=O) groups is 1. The quantitative estimate of drug-likeness (QED) is 0.505. The summed E-state index contributed by atoms with van der Waals surface area (Å²) in [4.78, 5) is 25.9. The van der Waals surface area contributed by atoms with E-state index in [0.29, 0.717) is 0 Å². The molecule has 1 saturated carbocycles. The summed E-state index contributed by atoms with van der Waals surface area (Å²) in [6.07, 6.45) is 8.71. The maximum atomic E-state index is 12.9. The van der Waals surface area contributed by atoms with E-state index in [9.17, 15) is 4.79 Å². The van der Waals surface area contributed by atoms with Crippen LogP contribution in [0, 0.1) is 5.92 Å². The second-order valence-electron chi connectivity index (χ2n) is 9.90. The number of pyridine rings is 1. The molecule has 0 saturated heterocycles. The van der Waals surface area contributed by atoms with Crippen molar-refractivity contribution < 1.29 is 9.53 Å². The Bertz CT molecular complexity index is 1130. The Labute approximate surface area is 205 Å². The Kier molecular flexibility index (Phi) is 7.11. The van der Waals surface area contributed by atoms with Gasteiger partial charge in [0.1, 0.15) is 0 Å². The average molecular weight is 479 g/mol. The van der Waals surface area contributed by atoms with Crippen LogP contribution in [0.25, 0.3) is 10.9 Å². The highest BCUT2D eigenvalue weighted by Crippen LogP contribution is 2.32. The third kappa shape index (κ3) is 5.41. The lowest BCUT2D eigenvalue weighted by Gasteiger charge is -2.32. The number of hydrogen-bond donors (Lipinski definition) is 1. The van der Waals surface area contributed by atoms with E-state index in [2.05, 4.69) is 20.2 Å². The lowest BCUT2D eigenvalue weighted by molar-refractivity contribution is 0.0921. The van der Waals surface area contributed by atoms with E-state index < -0.39 is 0 Å². The van der Waals surface area contributed by atoms with Crippen molar-refractivity contribution in [2.24, 2.45) is 5.92 Å². The SMILES string of the molecule is CC(C)Oc1nc2c(s1)CN(CC[C@H]1CC[C@H](NC(=O)c3cccc4ncccc34)CC1)CC2. The first kappa shape index (κ1) is 23.2. The van der Waals surface area contributed by atoms with Gasteiger partial charge in [-0.1, -0.05) is 23.5 Å². The van der Waals surface area contributed by atoms with Crippen LogP contribution in [-0.4, -0.2) is 46.0 Å². The highest BCUT2D eigenvalue weighted by Gasteiger charge is 2.26. The first-order chi connectivity index (χ1) is 16.5. The highest BCUT2D eigenvalue weighted by atomic mass is 32.1. The lowest BCUT2D eigenvalue weighted by Crippen LogP contribution is -2.38. The second-order valence-corrected chi connectivity index (χ2v) is 10.9. The van der Waals surface area contributed by atoms with Crippen LogP contribution in [0.3, 0.4) is 0 Å². The van der Waals surface area contributed by atoms with Gasteiger partial charge in [-0.3, -0.25) is 14.7 Å². The van der Waals surface area contributed by atoms with Gasteiger partial charge in [-0.2, -0.15) is 0 Å². The van der Waals surface area contributed by atoms with Crippen LogP contribution in [0.2, 0.25) is 0 Å². The first-order valence-electron chi connectivity index (χ1n) is 12.6.